The summed E-state index contributed by atoms with van der Waals surface area (Å²) < 4.78 is 46.8. The van der Waals surface area contributed by atoms with Gasteiger partial charge in [0.1, 0.15) is 12.4 Å². The molecule has 8 heteroatoms. The Morgan fingerprint density at radius 1 is 1.17 bits per heavy atom. The fraction of sp³-hybridized carbons (Fsp3) is 0.286. The maximum Gasteiger partial charge on any atom is 0.573 e. The van der Waals surface area contributed by atoms with Gasteiger partial charge >= 0.3 is 12.5 Å². The van der Waals surface area contributed by atoms with Crippen molar-refractivity contribution in [1.82, 2.24) is 10.3 Å². The molecule has 0 saturated carbocycles. The number of fused-ring (bicyclic) bond motifs is 3. The van der Waals surface area contributed by atoms with E-state index in [1.807, 2.05) is 30.3 Å². The maximum atomic E-state index is 12.5. The molecule has 0 saturated heterocycles. The van der Waals surface area contributed by atoms with Crippen LogP contribution in [0.2, 0.25) is 0 Å². The van der Waals surface area contributed by atoms with E-state index in [-0.39, 0.29) is 18.4 Å². The molecule has 0 aliphatic heterocycles. The van der Waals surface area contributed by atoms with Crippen molar-refractivity contribution >= 4 is 17.0 Å². The van der Waals surface area contributed by atoms with Crippen LogP contribution in [0, 0.1) is 0 Å². The summed E-state index contributed by atoms with van der Waals surface area (Å²) in [6.07, 6.45) is -3.35. The SMILES string of the molecule is O=C(N[C@H]1CCc2[nH]c3ccc(OC(F)(F)F)cc3c2C1)OCc1ccccc1. The summed E-state index contributed by atoms with van der Waals surface area (Å²) in [5.74, 6) is -0.260. The van der Waals surface area contributed by atoms with Crippen molar-refractivity contribution < 1.29 is 27.4 Å². The van der Waals surface area contributed by atoms with E-state index in [0.29, 0.717) is 24.6 Å². The third kappa shape index (κ3) is 4.64. The summed E-state index contributed by atoms with van der Waals surface area (Å²) in [6, 6.07) is 13.4. The van der Waals surface area contributed by atoms with E-state index in [1.54, 1.807) is 6.07 Å². The fourth-order valence-corrected chi connectivity index (χ4v) is 3.65. The van der Waals surface area contributed by atoms with E-state index in [1.165, 1.54) is 12.1 Å². The van der Waals surface area contributed by atoms with Crippen molar-refractivity contribution in [3.05, 3.63) is 65.4 Å². The van der Waals surface area contributed by atoms with Crippen LogP contribution >= 0.6 is 0 Å². The van der Waals surface area contributed by atoms with Gasteiger partial charge in [0, 0.05) is 22.6 Å². The summed E-state index contributed by atoms with van der Waals surface area (Å²) in [7, 11) is 0. The average molecular weight is 404 g/mol. The standard InChI is InChI=1S/C21H19F3N2O3/c22-21(23,24)29-15-7-9-19-17(11-15)16-10-14(6-8-18(16)26-19)25-20(27)28-12-13-4-2-1-3-5-13/h1-5,7,9,11,14,26H,6,8,10,12H2,(H,25,27)/t14-/m0/s1. The number of halogens is 3. The van der Waals surface area contributed by atoms with Crippen molar-refractivity contribution in [3.8, 4) is 5.75 Å². The molecule has 0 spiro atoms. The lowest BCUT2D eigenvalue weighted by atomic mass is 9.91. The van der Waals surface area contributed by atoms with Crippen molar-refractivity contribution in [1.29, 1.82) is 0 Å². The number of aromatic amines is 1. The number of carbonyl (C=O) groups excluding carboxylic acids is 1. The van der Waals surface area contributed by atoms with Crippen LogP contribution in [-0.2, 0) is 24.2 Å². The number of rotatable bonds is 4. The summed E-state index contributed by atoms with van der Waals surface area (Å²) in [5.41, 5.74) is 3.51. The highest BCUT2D eigenvalue weighted by Crippen LogP contribution is 2.33. The molecule has 1 atom stereocenters. The molecule has 0 unspecified atom stereocenters. The van der Waals surface area contributed by atoms with Crippen LogP contribution in [0.3, 0.4) is 0 Å². The molecule has 4 rings (SSSR count). The van der Waals surface area contributed by atoms with Crippen molar-refractivity contribution in [2.45, 2.75) is 38.3 Å². The molecule has 0 radical (unpaired) electrons. The zero-order chi connectivity index (χ0) is 20.4. The normalized spacial score (nSPS) is 16.3. The first-order chi connectivity index (χ1) is 13.9. The third-order valence-electron chi connectivity index (χ3n) is 4.93. The molecule has 1 aromatic heterocycles. The van der Waals surface area contributed by atoms with Gasteiger partial charge in [-0.25, -0.2) is 4.79 Å². The predicted molar refractivity (Wildman–Crippen MR) is 101 cm³/mol. The van der Waals surface area contributed by atoms with E-state index < -0.39 is 12.5 Å². The number of amides is 1. The minimum absolute atomic E-state index is 0.156. The van der Waals surface area contributed by atoms with Crippen LogP contribution in [-0.4, -0.2) is 23.5 Å². The second kappa shape index (κ2) is 7.69. The Hall–Kier alpha value is -3.16. The predicted octanol–water partition coefficient (Wildman–Crippen LogP) is 4.85. The number of nitrogens with one attached hydrogen (secondary N) is 2. The third-order valence-corrected chi connectivity index (χ3v) is 4.93. The van der Waals surface area contributed by atoms with E-state index in [2.05, 4.69) is 15.0 Å². The molecule has 3 aromatic rings. The molecule has 1 amide bonds. The number of alkyl halides is 3. The average Bonchev–Trinajstić information content (AvgIpc) is 3.03. The molecular weight excluding hydrogens is 385 g/mol. The number of hydrogen-bond acceptors (Lipinski definition) is 3. The maximum absolute atomic E-state index is 12.5. The first-order valence-electron chi connectivity index (χ1n) is 9.24. The highest BCUT2D eigenvalue weighted by atomic mass is 19.4. The molecule has 152 valence electrons. The van der Waals surface area contributed by atoms with E-state index in [9.17, 15) is 18.0 Å². The number of H-pyrrole nitrogens is 1. The minimum atomic E-state index is -4.74. The van der Waals surface area contributed by atoms with Gasteiger partial charge in [-0.3, -0.25) is 0 Å². The molecule has 1 aliphatic carbocycles. The number of hydrogen-bond donors (Lipinski definition) is 2. The zero-order valence-corrected chi connectivity index (χ0v) is 15.4. The summed E-state index contributed by atoms with van der Waals surface area (Å²) in [4.78, 5) is 15.4. The number of benzene rings is 2. The van der Waals surface area contributed by atoms with Gasteiger partial charge < -0.3 is 19.8 Å². The van der Waals surface area contributed by atoms with Crippen molar-refractivity contribution in [2.24, 2.45) is 0 Å². The Labute approximate surface area is 164 Å². The number of ether oxygens (including phenoxy) is 2. The van der Waals surface area contributed by atoms with Crippen LogP contribution in [0.4, 0.5) is 18.0 Å². The molecule has 5 nitrogen and oxygen atoms in total. The molecule has 1 aliphatic rings. The molecule has 2 N–H and O–H groups in total. The highest BCUT2D eigenvalue weighted by molar-refractivity contribution is 5.86. The van der Waals surface area contributed by atoms with Crippen LogP contribution < -0.4 is 10.1 Å². The molecule has 2 aromatic carbocycles. The summed E-state index contributed by atoms with van der Waals surface area (Å²) >= 11 is 0. The molecule has 1 heterocycles. The summed E-state index contributed by atoms with van der Waals surface area (Å²) in [6.45, 7) is 0.176. The molecular formula is C21H19F3N2O3. The first kappa shape index (κ1) is 19.2. The number of aromatic nitrogens is 1. The van der Waals surface area contributed by atoms with Gasteiger partial charge in [0.15, 0.2) is 0 Å². The van der Waals surface area contributed by atoms with Gasteiger partial charge in [0.2, 0.25) is 0 Å². The minimum Gasteiger partial charge on any atom is -0.445 e. The van der Waals surface area contributed by atoms with Gasteiger partial charge in [-0.15, -0.1) is 13.2 Å². The van der Waals surface area contributed by atoms with Crippen LogP contribution in [0.15, 0.2) is 48.5 Å². The van der Waals surface area contributed by atoms with Crippen LogP contribution in [0.5, 0.6) is 5.75 Å². The zero-order valence-electron chi connectivity index (χ0n) is 15.4. The smallest absolute Gasteiger partial charge is 0.445 e. The first-order valence-corrected chi connectivity index (χ1v) is 9.24. The Morgan fingerprint density at radius 2 is 1.97 bits per heavy atom. The van der Waals surface area contributed by atoms with Crippen LogP contribution in [0.25, 0.3) is 10.9 Å². The second-order valence-electron chi connectivity index (χ2n) is 6.98. The molecule has 29 heavy (non-hydrogen) atoms. The highest BCUT2D eigenvalue weighted by Gasteiger charge is 2.31. The lowest BCUT2D eigenvalue weighted by molar-refractivity contribution is -0.274. The largest absolute Gasteiger partial charge is 0.573 e. The van der Waals surface area contributed by atoms with Crippen molar-refractivity contribution in [2.75, 3.05) is 0 Å². The monoisotopic (exact) mass is 404 g/mol. The Balaban J connectivity index is 1.43. The fourth-order valence-electron chi connectivity index (χ4n) is 3.65. The second-order valence-corrected chi connectivity index (χ2v) is 6.98. The van der Waals surface area contributed by atoms with Gasteiger partial charge in [-0.1, -0.05) is 30.3 Å². The lowest BCUT2D eigenvalue weighted by Gasteiger charge is -2.23. The van der Waals surface area contributed by atoms with Gasteiger partial charge in [0.25, 0.3) is 0 Å². The lowest BCUT2D eigenvalue weighted by Crippen LogP contribution is -2.39. The molecule has 0 bridgehead atoms. The van der Waals surface area contributed by atoms with E-state index in [4.69, 9.17) is 4.74 Å². The Kier molecular flexibility index (Phi) is 5.08. The quantitative estimate of drug-likeness (QED) is 0.653. The molecule has 0 fully saturated rings. The van der Waals surface area contributed by atoms with E-state index >= 15 is 0 Å². The van der Waals surface area contributed by atoms with E-state index in [0.717, 1.165) is 22.3 Å². The van der Waals surface area contributed by atoms with Gasteiger partial charge in [0.05, 0.1) is 0 Å². The number of alkyl carbamates (subject to hydrolysis) is 1. The van der Waals surface area contributed by atoms with Crippen molar-refractivity contribution in [3.63, 3.8) is 0 Å². The Morgan fingerprint density at radius 3 is 2.72 bits per heavy atom. The van der Waals surface area contributed by atoms with Gasteiger partial charge in [-0.05, 0) is 48.6 Å². The number of carbonyl (C=O) groups is 1. The Bertz CT molecular complexity index is 1020. The topological polar surface area (TPSA) is 63.4 Å². The number of aryl methyl sites for hydroxylation is 1. The summed E-state index contributed by atoms with van der Waals surface area (Å²) in [5, 5.41) is 3.52. The van der Waals surface area contributed by atoms with Crippen LogP contribution in [0.1, 0.15) is 23.2 Å². The van der Waals surface area contributed by atoms with Gasteiger partial charge in [-0.2, -0.15) is 0 Å².